The third-order valence-corrected chi connectivity index (χ3v) is 6.88. The Morgan fingerprint density at radius 2 is 1.88 bits per heavy atom. The van der Waals surface area contributed by atoms with Crippen molar-refractivity contribution in [1.29, 1.82) is 0 Å². The molecular formula is C22H30O4. The average Bonchev–Trinajstić information content (AvgIpc) is 2.61. The fraction of sp³-hybridized carbons (Fsp3) is 0.636. The molecular weight excluding hydrogens is 328 g/mol. The van der Waals surface area contributed by atoms with Crippen molar-refractivity contribution in [3.05, 3.63) is 28.8 Å². The summed E-state index contributed by atoms with van der Waals surface area (Å²) in [7, 11) is 3.08. The van der Waals surface area contributed by atoms with E-state index in [0.29, 0.717) is 12.2 Å². The minimum atomic E-state index is -0.626. The molecule has 1 fully saturated rings. The first-order valence-electron chi connectivity index (χ1n) is 9.53. The zero-order chi connectivity index (χ0) is 19.3. The van der Waals surface area contributed by atoms with Crippen molar-refractivity contribution in [2.75, 3.05) is 14.2 Å². The number of Topliss-reactive ketones (excluding diaryl/α,β-unsaturated/α-hetero) is 1. The Morgan fingerprint density at radius 3 is 2.46 bits per heavy atom. The van der Waals surface area contributed by atoms with Crippen molar-refractivity contribution < 1.29 is 19.1 Å². The van der Waals surface area contributed by atoms with Crippen molar-refractivity contribution >= 4 is 11.8 Å². The Balaban J connectivity index is 2.22. The normalized spacial score (nSPS) is 30.6. The molecule has 142 valence electrons. The molecule has 26 heavy (non-hydrogen) atoms. The first kappa shape index (κ1) is 18.9. The third-order valence-electron chi connectivity index (χ3n) is 6.88. The number of ether oxygens (including phenoxy) is 2. The molecule has 0 amide bonds. The Morgan fingerprint density at radius 1 is 1.19 bits per heavy atom. The van der Waals surface area contributed by atoms with Gasteiger partial charge in [-0.05, 0) is 48.1 Å². The number of carbonyl (C=O) groups is 2. The Bertz CT molecular complexity index is 751. The summed E-state index contributed by atoms with van der Waals surface area (Å²) in [5, 5.41) is 0. The van der Waals surface area contributed by atoms with Gasteiger partial charge < -0.3 is 9.47 Å². The number of rotatable bonds is 3. The van der Waals surface area contributed by atoms with E-state index >= 15 is 0 Å². The van der Waals surface area contributed by atoms with Gasteiger partial charge in [-0.1, -0.05) is 39.3 Å². The number of fused-ring (bicyclic) bond motifs is 3. The molecule has 1 aromatic carbocycles. The summed E-state index contributed by atoms with van der Waals surface area (Å²) < 4.78 is 10.8. The van der Waals surface area contributed by atoms with Gasteiger partial charge in [-0.3, -0.25) is 9.59 Å². The van der Waals surface area contributed by atoms with Crippen LogP contribution in [0.4, 0.5) is 0 Å². The summed E-state index contributed by atoms with van der Waals surface area (Å²) in [6.45, 7) is 8.39. The van der Waals surface area contributed by atoms with Gasteiger partial charge in [0.1, 0.15) is 5.75 Å². The molecule has 0 aliphatic heterocycles. The predicted molar refractivity (Wildman–Crippen MR) is 101 cm³/mol. The van der Waals surface area contributed by atoms with Crippen LogP contribution >= 0.6 is 0 Å². The van der Waals surface area contributed by atoms with Gasteiger partial charge in [0.25, 0.3) is 0 Å². The van der Waals surface area contributed by atoms with Crippen LogP contribution in [0.5, 0.6) is 5.75 Å². The van der Waals surface area contributed by atoms with Crippen LogP contribution in [0.25, 0.3) is 0 Å². The molecule has 0 aromatic heterocycles. The van der Waals surface area contributed by atoms with E-state index < -0.39 is 5.41 Å². The summed E-state index contributed by atoms with van der Waals surface area (Å²) in [6.07, 6.45) is 3.05. The molecule has 0 saturated heterocycles. The van der Waals surface area contributed by atoms with Crippen LogP contribution in [0.15, 0.2) is 12.1 Å². The highest BCUT2D eigenvalue weighted by Crippen LogP contribution is 2.58. The van der Waals surface area contributed by atoms with E-state index in [-0.39, 0.29) is 29.0 Å². The molecule has 0 N–H and O–H groups in total. The molecule has 1 aromatic rings. The van der Waals surface area contributed by atoms with E-state index in [9.17, 15) is 9.59 Å². The van der Waals surface area contributed by atoms with Crippen LogP contribution in [0, 0.1) is 11.3 Å². The largest absolute Gasteiger partial charge is 0.496 e. The van der Waals surface area contributed by atoms with E-state index in [2.05, 4.69) is 32.9 Å². The molecule has 2 aliphatic rings. The highest BCUT2D eigenvalue weighted by molar-refractivity contribution is 6.03. The van der Waals surface area contributed by atoms with Crippen LogP contribution < -0.4 is 4.74 Å². The van der Waals surface area contributed by atoms with E-state index in [1.807, 2.05) is 6.92 Å². The molecule has 0 bridgehead atoms. The molecule has 4 nitrogen and oxygen atoms in total. The van der Waals surface area contributed by atoms with E-state index in [1.54, 1.807) is 7.11 Å². The summed E-state index contributed by atoms with van der Waals surface area (Å²) in [5.74, 6) is 0.827. The predicted octanol–water partition coefficient (Wildman–Crippen LogP) is 4.64. The van der Waals surface area contributed by atoms with Crippen molar-refractivity contribution in [2.24, 2.45) is 11.3 Å². The van der Waals surface area contributed by atoms with Gasteiger partial charge in [0, 0.05) is 6.42 Å². The maximum absolute atomic E-state index is 13.2. The van der Waals surface area contributed by atoms with E-state index in [0.717, 1.165) is 36.0 Å². The molecule has 0 radical (unpaired) electrons. The summed E-state index contributed by atoms with van der Waals surface area (Å²) in [6, 6.07) is 4.19. The van der Waals surface area contributed by atoms with Crippen LogP contribution in [0.3, 0.4) is 0 Å². The number of benzene rings is 1. The molecule has 0 unspecified atom stereocenters. The van der Waals surface area contributed by atoms with E-state index in [4.69, 9.17) is 9.47 Å². The van der Waals surface area contributed by atoms with Crippen molar-refractivity contribution in [1.82, 2.24) is 0 Å². The monoisotopic (exact) mass is 358 g/mol. The Labute approximate surface area is 156 Å². The molecule has 3 rings (SSSR count). The van der Waals surface area contributed by atoms with Crippen LogP contribution in [-0.2, 0) is 14.9 Å². The SMILES string of the molecule is COC(=O)[C@]1(C)CCC[C@]2(C)c3ccc(C(C)C)c(OC)c3C(=O)C[C@@H]12. The molecule has 0 spiro atoms. The molecule has 4 heteroatoms. The zero-order valence-electron chi connectivity index (χ0n) is 16.8. The lowest BCUT2D eigenvalue weighted by molar-refractivity contribution is -0.160. The lowest BCUT2D eigenvalue weighted by Gasteiger charge is -2.53. The summed E-state index contributed by atoms with van der Waals surface area (Å²) >= 11 is 0. The highest BCUT2D eigenvalue weighted by Gasteiger charge is 2.57. The molecule has 2 aliphatic carbocycles. The van der Waals surface area contributed by atoms with Gasteiger partial charge in [0.2, 0.25) is 0 Å². The van der Waals surface area contributed by atoms with Crippen LogP contribution in [0.1, 0.15) is 80.8 Å². The highest BCUT2D eigenvalue weighted by atomic mass is 16.5. The van der Waals surface area contributed by atoms with Gasteiger partial charge in [0.05, 0.1) is 25.2 Å². The van der Waals surface area contributed by atoms with E-state index in [1.165, 1.54) is 7.11 Å². The number of hydrogen-bond acceptors (Lipinski definition) is 4. The van der Waals surface area contributed by atoms with Crippen LogP contribution in [0.2, 0.25) is 0 Å². The Kier molecular flexibility index (Phi) is 4.66. The summed E-state index contributed by atoms with van der Waals surface area (Å²) in [5.41, 5.74) is 1.97. The second kappa shape index (κ2) is 6.40. The molecule has 0 heterocycles. The number of carbonyl (C=O) groups excluding carboxylic acids is 2. The maximum Gasteiger partial charge on any atom is 0.311 e. The van der Waals surface area contributed by atoms with Gasteiger partial charge >= 0.3 is 5.97 Å². The van der Waals surface area contributed by atoms with Gasteiger partial charge in [0.15, 0.2) is 5.78 Å². The maximum atomic E-state index is 13.2. The standard InChI is InChI=1S/C22H30O4/c1-13(2)14-8-9-15-18(19(14)25-5)16(23)12-17-21(15,3)10-7-11-22(17,4)20(24)26-6/h8-9,13,17H,7,10-12H2,1-6H3/t17-,21-,22-/m1/s1. The summed E-state index contributed by atoms with van der Waals surface area (Å²) in [4.78, 5) is 25.8. The third kappa shape index (κ3) is 2.49. The number of esters is 1. The van der Waals surface area contributed by atoms with Crippen molar-refractivity contribution in [3.8, 4) is 5.75 Å². The average molecular weight is 358 g/mol. The second-order valence-corrected chi connectivity index (χ2v) is 8.63. The van der Waals surface area contributed by atoms with Crippen molar-refractivity contribution in [3.63, 3.8) is 0 Å². The fourth-order valence-corrected chi connectivity index (χ4v) is 5.44. The molecule has 3 atom stereocenters. The lowest BCUT2D eigenvalue weighted by Crippen LogP contribution is -2.53. The fourth-order valence-electron chi connectivity index (χ4n) is 5.44. The molecule has 1 saturated carbocycles. The minimum Gasteiger partial charge on any atom is -0.496 e. The number of hydrogen-bond donors (Lipinski definition) is 0. The second-order valence-electron chi connectivity index (χ2n) is 8.63. The Hall–Kier alpha value is -1.84. The number of methoxy groups -OCH3 is 2. The zero-order valence-corrected chi connectivity index (χ0v) is 16.8. The topological polar surface area (TPSA) is 52.6 Å². The van der Waals surface area contributed by atoms with Gasteiger partial charge in [-0.15, -0.1) is 0 Å². The van der Waals surface area contributed by atoms with Gasteiger partial charge in [-0.25, -0.2) is 0 Å². The smallest absolute Gasteiger partial charge is 0.311 e. The first-order chi connectivity index (χ1) is 12.2. The van der Waals surface area contributed by atoms with Crippen molar-refractivity contribution in [2.45, 2.75) is 64.7 Å². The quantitative estimate of drug-likeness (QED) is 0.739. The van der Waals surface area contributed by atoms with Crippen LogP contribution in [-0.4, -0.2) is 26.0 Å². The van der Waals surface area contributed by atoms with Gasteiger partial charge in [-0.2, -0.15) is 0 Å². The number of ketones is 1. The first-order valence-corrected chi connectivity index (χ1v) is 9.53. The minimum absolute atomic E-state index is 0.0502. The lowest BCUT2D eigenvalue weighted by atomic mass is 9.49.